The summed E-state index contributed by atoms with van der Waals surface area (Å²) >= 11 is 6.19. The first kappa shape index (κ1) is 29.5. The van der Waals surface area contributed by atoms with E-state index in [4.69, 9.17) is 16.3 Å². The van der Waals surface area contributed by atoms with Crippen molar-refractivity contribution in [2.75, 3.05) is 37.3 Å². The fourth-order valence-electron chi connectivity index (χ4n) is 3.78. The molecule has 1 atom stereocenters. The topological polar surface area (TPSA) is 96.0 Å². The number of carbonyl (C=O) groups excluding carboxylic acids is 2. The number of carbonyl (C=O) groups is 2. The van der Waals surface area contributed by atoms with Crippen molar-refractivity contribution >= 4 is 39.1 Å². The number of amides is 2. The minimum atomic E-state index is -3.61. The third-order valence-corrected chi connectivity index (χ3v) is 7.27. The summed E-state index contributed by atoms with van der Waals surface area (Å²) in [7, 11) is -2.13. The molecule has 0 aliphatic heterocycles. The fraction of sp³-hybridized carbons (Fsp3) is 0.462. The monoisotopic (exact) mass is 537 g/mol. The predicted molar refractivity (Wildman–Crippen MR) is 144 cm³/mol. The van der Waals surface area contributed by atoms with Gasteiger partial charge >= 0.3 is 0 Å². The SMILES string of the molecule is CCCNC(=O)C(C)N(CCc1ccccc1)C(=O)CCCN(c1ccc(OC)c(Cl)c1)S(C)(=O)=O. The Morgan fingerprint density at radius 1 is 1.11 bits per heavy atom. The number of nitrogens with zero attached hydrogens (tertiary/aromatic N) is 2. The van der Waals surface area contributed by atoms with E-state index in [1.54, 1.807) is 24.0 Å². The molecule has 0 saturated heterocycles. The second-order valence-corrected chi connectivity index (χ2v) is 10.9. The van der Waals surface area contributed by atoms with Gasteiger partial charge in [-0.25, -0.2) is 8.42 Å². The summed E-state index contributed by atoms with van der Waals surface area (Å²) in [5.74, 6) is 0.0311. The van der Waals surface area contributed by atoms with Crippen molar-refractivity contribution in [3.05, 3.63) is 59.1 Å². The van der Waals surface area contributed by atoms with E-state index in [2.05, 4.69) is 5.32 Å². The van der Waals surface area contributed by atoms with Crippen LogP contribution in [0.15, 0.2) is 48.5 Å². The first-order chi connectivity index (χ1) is 17.1. The Hall–Kier alpha value is -2.78. The summed E-state index contributed by atoms with van der Waals surface area (Å²) < 4.78 is 31.3. The number of hydrogen-bond acceptors (Lipinski definition) is 5. The van der Waals surface area contributed by atoms with E-state index in [0.717, 1.165) is 18.2 Å². The maximum Gasteiger partial charge on any atom is 0.242 e. The summed E-state index contributed by atoms with van der Waals surface area (Å²) in [4.78, 5) is 27.4. The standard InChI is InChI=1S/C26H36ClN3O5S/c1-5-16-28-26(32)20(2)29(18-15-21-10-7-6-8-11-21)25(31)12-9-17-30(36(4,33)34)22-13-14-24(35-3)23(27)19-22/h6-8,10-11,13-14,19-20H,5,9,12,15-18H2,1-4H3,(H,28,32). The minimum Gasteiger partial charge on any atom is -0.495 e. The van der Waals surface area contributed by atoms with Gasteiger partial charge in [0.2, 0.25) is 21.8 Å². The van der Waals surface area contributed by atoms with E-state index in [1.807, 2.05) is 37.3 Å². The van der Waals surface area contributed by atoms with Crippen LogP contribution in [0.2, 0.25) is 5.02 Å². The Labute approximate surface area is 219 Å². The van der Waals surface area contributed by atoms with Gasteiger partial charge in [0.05, 0.1) is 24.1 Å². The molecule has 0 aliphatic rings. The largest absolute Gasteiger partial charge is 0.495 e. The van der Waals surface area contributed by atoms with Crippen LogP contribution in [0.25, 0.3) is 0 Å². The molecule has 0 radical (unpaired) electrons. The number of rotatable bonds is 14. The zero-order valence-electron chi connectivity index (χ0n) is 21.4. The van der Waals surface area contributed by atoms with Crippen molar-refractivity contribution in [1.29, 1.82) is 0 Å². The second kappa shape index (κ2) is 14.1. The Morgan fingerprint density at radius 2 is 1.81 bits per heavy atom. The van der Waals surface area contributed by atoms with Crippen LogP contribution in [0.5, 0.6) is 5.75 Å². The Kier molecular flexibility index (Phi) is 11.5. The van der Waals surface area contributed by atoms with E-state index in [9.17, 15) is 18.0 Å². The van der Waals surface area contributed by atoms with Crippen molar-refractivity contribution in [2.24, 2.45) is 0 Å². The lowest BCUT2D eigenvalue weighted by Crippen LogP contribution is -2.49. The van der Waals surface area contributed by atoms with Gasteiger partial charge in [0.1, 0.15) is 11.8 Å². The lowest BCUT2D eigenvalue weighted by Gasteiger charge is -2.29. The van der Waals surface area contributed by atoms with Gasteiger partial charge < -0.3 is 15.0 Å². The van der Waals surface area contributed by atoms with Gasteiger partial charge in [-0.3, -0.25) is 13.9 Å². The maximum absolute atomic E-state index is 13.2. The van der Waals surface area contributed by atoms with Gasteiger partial charge in [-0.1, -0.05) is 48.9 Å². The number of sulfonamides is 1. The molecule has 36 heavy (non-hydrogen) atoms. The average molecular weight is 538 g/mol. The number of methoxy groups -OCH3 is 1. The first-order valence-electron chi connectivity index (χ1n) is 12.0. The Morgan fingerprint density at radius 3 is 2.39 bits per heavy atom. The molecule has 0 spiro atoms. The van der Waals surface area contributed by atoms with Crippen molar-refractivity contribution < 1.29 is 22.7 Å². The molecular weight excluding hydrogens is 502 g/mol. The summed E-state index contributed by atoms with van der Waals surface area (Å²) in [5, 5.41) is 3.14. The number of halogens is 1. The van der Waals surface area contributed by atoms with E-state index >= 15 is 0 Å². The van der Waals surface area contributed by atoms with Gasteiger partial charge in [0, 0.05) is 26.1 Å². The van der Waals surface area contributed by atoms with Crippen LogP contribution in [0.1, 0.15) is 38.7 Å². The number of nitrogens with one attached hydrogen (secondary N) is 1. The van der Waals surface area contributed by atoms with Gasteiger partial charge in [-0.15, -0.1) is 0 Å². The minimum absolute atomic E-state index is 0.0933. The molecule has 0 heterocycles. The van der Waals surface area contributed by atoms with E-state index in [0.29, 0.717) is 36.0 Å². The average Bonchev–Trinajstić information content (AvgIpc) is 2.85. The number of benzene rings is 2. The Balaban J connectivity index is 2.12. The van der Waals surface area contributed by atoms with Crippen LogP contribution < -0.4 is 14.4 Å². The number of hydrogen-bond donors (Lipinski definition) is 1. The molecule has 1 unspecified atom stereocenters. The molecular formula is C26H36ClN3O5S. The van der Waals surface area contributed by atoms with Crippen LogP contribution in [0.3, 0.4) is 0 Å². The van der Waals surface area contributed by atoms with Crippen LogP contribution in [0, 0.1) is 0 Å². The van der Waals surface area contributed by atoms with Crippen LogP contribution >= 0.6 is 11.6 Å². The third kappa shape index (κ3) is 8.71. The molecule has 0 aliphatic carbocycles. The summed E-state index contributed by atoms with van der Waals surface area (Å²) in [6.07, 6.45) is 2.89. The molecule has 2 amide bonds. The summed E-state index contributed by atoms with van der Waals surface area (Å²) in [6, 6.07) is 13.9. The van der Waals surface area contributed by atoms with Crippen molar-refractivity contribution in [3.8, 4) is 5.75 Å². The highest BCUT2D eigenvalue weighted by Crippen LogP contribution is 2.30. The van der Waals surface area contributed by atoms with Crippen LogP contribution in [-0.2, 0) is 26.0 Å². The van der Waals surface area contributed by atoms with Crippen LogP contribution in [-0.4, -0.2) is 64.2 Å². The molecule has 0 aromatic heterocycles. The molecule has 0 saturated carbocycles. The lowest BCUT2D eigenvalue weighted by molar-refractivity contribution is -0.139. The third-order valence-electron chi connectivity index (χ3n) is 5.78. The number of anilines is 1. The quantitative estimate of drug-likeness (QED) is 0.394. The predicted octanol–water partition coefficient (Wildman–Crippen LogP) is 3.88. The highest BCUT2D eigenvalue weighted by Gasteiger charge is 2.26. The lowest BCUT2D eigenvalue weighted by atomic mass is 10.1. The molecule has 0 fully saturated rings. The van der Waals surface area contributed by atoms with E-state index in [-0.39, 0.29) is 31.2 Å². The van der Waals surface area contributed by atoms with Crippen molar-refractivity contribution in [2.45, 2.75) is 45.6 Å². The first-order valence-corrected chi connectivity index (χ1v) is 14.2. The van der Waals surface area contributed by atoms with Gasteiger partial charge in [-0.2, -0.15) is 0 Å². The summed E-state index contributed by atoms with van der Waals surface area (Å²) in [5.41, 5.74) is 1.46. The molecule has 10 heteroatoms. The molecule has 198 valence electrons. The van der Waals surface area contributed by atoms with Gasteiger partial charge in [0.25, 0.3) is 0 Å². The van der Waals surface area contributed by atoms with Gasteiger partial charge in [0.15, 0.2) is 0 Å². The Bertz CT molecular complexity index is 1110. The highest BCUT2D eigenvalue weighted by atomic mass is 35.5. The van der Waals surface area contributed by atoms with Crippen molar-refractivity contribution in [1.82, 2.24) is 10.2 Å². The molecule has 1 N–H and O–H groups in total. The van der Waals surface area contributed by atoms with Crippen molar-refractivity contribution in [3.63, 3.8) is 0 Å². The van der Waals surface area contributed by atoms with Crippen LogP contribution in [0.4, 0.5) is 5.69 Å². The van der Waals surface area contributed by atoms with E-state index < -0.39 is 16.1 Å². The van der Waals surface area contributed by atoms with Gasteiger partial charge in [-0.05, 0) is 49.9 Å². The maximum atomic E-state index is 13.2. The molecule has 2 rings (SSSR count). The zero-order valence-corrected chi connectivity index (χ0v) is 22.9. The normalized spacial score (nSPS) is 12.0. The molecule has 2 aromatic carbocycles. The molecule has 8 nitrogen and oxygen atoms in total. The zero-order chi connectivity index (χ0) is 26.7. The summed E-state index contributed by atoms with van der Waals surface area (Å²) in [6.45, 7) is 4.70. The molecule has 2 aromatic rings. The smallest absolute Gasteiger partial charge is 0.242 e. The second-order valence-electron chi connectivity index (χ2n) is 8.55. The molecule has 0 bridgehead atoms. The fourth-order valence-corrected chi connectivity index (χ4v) is 4.99. The highest BCUT2D eigenvalue weighted by molar-refractivity contribution is 7.92. The number of ether oxygens (including phenoxy) is 1. The van der Waals surface area contributed by atoms with E-state index in [1.165, 1.54) is 17.5 Å².